The molecular weight excluding hydrogens is 386 g/mol. The van der Waals surface area contributed by atoms with Crippen LogP contribution in [-0.4, -0.2) is 49.3 Å². The van der Waals surface area contributed by atoms with E-state index in [0.29, 0.717) is 23.4 Å². The van der Waals surface area contributed by atoms with Crippen molar-refractivity contribution in [2.45, 2.75) is 38.8 Å². The van der Waals surface area contributed by atoms with Crippen molar-refractivity contribution in [3.63, 3.8) is 0 Å². The monoisotopic (exact) mass is 415 g/mol. The molecule has 1 fully saturated rings. The van der Waals surface area contributed by atoms with Crippen LogP contribution >= 0.6 is 11.6 Å². The summed E-state index contributed by atoms with van der Waals surface area (Å²) in [5.74, 6) is 2.58. The van der Waals surface area contributed by atoms with Gasteiger partial charge in [-0.3, -0.25) is 0 Å². The predicted octanol–water partition coefficient (Wildman–Crippen LogP) is 3.73. The van der Waals surface area contributed by atoms with Crippen molar-refractivity contribution in [1.29, 1.82) is 0 Å². The molecule has 0 bridgehead atoms. The summed E-state index contributed by atoms with van der Waals surface area (Å²) in [6, 6.07) is 14.0. The van der Waals surface area contributed by atoms with Gasteiger partial charge < -0.3 is 20.3 Å². The lowest BCUT2D eigenvalue weighted by Crippen LogP contribution is -2.49. The minimum Gasteiger partial charge on any atom is -0.487 e. The Balaban J connectivity index is 1.50. The number of piperidine rings is 1. The van der Waals surface area contributed by atoms with E-state index in [1.54, 1.807) is 0 Å². The van der Waals surface area contributed by atoms with Gasteiger partial charge in [0.05, 0.1) is 11.6 Å². The highest BCUT2D eigenvalue weighted by Crippen LogP contribution is 2.24. The molecule has 1 aromatic heterocycles. The van der Waals surface area contributed by atoms with Crippen LogP contribution in [0.4, 0.5) is 5.82 Å². The molecule has 29 heavy (non-hydrogen) atoms. The van der Waals surface area contributed by atoms with Gasteiger partial charge in [-0.15, -0.1) is 0 Å². The van der Waals surface area contributed by atoms with E-state index in [9.17, 15) is 0 Å². The quantitative estimate of drug-likeness (QED) is 0.533. The Kier molecular flexibility index (Phi) is 7.99. The molecule has 1 aliphatic rings. The summed E-state index contributed by atoms with van der Waals surface area (Å²) in [4.78, 5) is 11.5. The van der Waals surface area contributed by atoms with E-state index in [1.165, 1.54) is 0 Å². The van der Waals surface area contributed by atoms with Gasteiger partial charge in [0.2, 0.25) is 0 Å². The van der Waals surface area contributed by atoms with Crippen molar-refractivity contribution in [1.82, 2.24) is 15.6 Å². The van der Waals surface area contributed by atoms with Crippen molar-refractivity contribution in [2.75, 3.05) is 31.1 Å². The molecule has 0 saturated carbocycles. The molecule has 7 heteroatoms. The van der Waals surface area contributed by atoms with Crippen LogP contribution in [0.1, 0.15) is 26.7 Å². The molecule has 0 amide bonds. The van der Waals surface area contributed by atoms with Crippen molar-refractivity contribution in [3.05, 3.63) is 53.7 Å². The zero-order valence-electron chi connectivity index (χ0n) is 17.1. The second-order valence-electron chi connectivity index (χ2n) is 7.17. The van der Waals surface area contributed by atoms with Crippen molar-refractivity contribution in [3.8, 4) is 5.75 Å². The number of pyridine rings is 1. The Morgan fingerprint density at radius 3 is 2.69 bits per heavy atom. The Bertz CT molecular complexity index is 778. The van der Waals surface area contributed by atoms with E-state index in [2.05, 4.69) is 33.5 Å². The summed E-state index contributed by atoms with van der Waals surface area (Å²) < 4.78 is 5.92. The number of benzene rings is 1. The highest BCUT2D eigenvalue weighted by molar-refractivity contribution is 6.32. The number of anilines is 1. The molecule has 0 radical (unpaired) electrons. The van der Waals surface area contributed by atoms with Crippen LogP contribution in [0.5, 0.6) is 5.75 Å². The summed E-state index contributed by atoms with van der Waals surface area (Å²) in [6.45, 7) is 7.41. The first kappa shape index (κ1) is 21.2. The number of aliphatic imine (C=N–C) groups is 1. The summed E-state index contributed by atoms with van der Waals surface area (Å²) in [6.07, 6.45) is 3.87. The lowest BCUT2D eigenvalue weighted by molar-refractivity contribution is 0.230. The van der Waals surface area contributed by atoms with Gasteiger partial charge in [-0.2, -0.15) is 0 Å². The zero-order valence-corrected chi connectivity index (χ0v) is 17.9. The topological polar surface area (TPSA) is 61.8 Å². The molecule has 2 aromatic rings. The molecule has 1 saturated heterocycles. The van der Waals surface area contributed by atoms with Gasteiger partial charge in [-0.05, 0) is 51.0 Å². The predicted molar refractivity (Wildman–Crippen MR) is 120 cm³/mol. The van der Waals surface area contributed by atoms with E-state index in [-0.39, 0.29) is 6.10 Å². The van der Waals surface area contributed by atoms with Gasteiger partial charge in [-0.25, -0.2) is 9.98 Å². The minimum absolute atomic E-state index is 0.0728. The first-order chi connectivity index (χ1) is 14.2. The third kappa shape index (κ3) is 6.53. The summed E-state index contributed by atoms with van der Waals surface area (Å²) in [5.41, 5.74) is 0. The largest absolute Gasteiger partial charge is 0.487 e. The van der Waals surface area contributed by atoms with Gasteiger partial charge in [-0.1, -0.05) is 29.8 Å². The van der Waals surface area contributed by atoms with Crippen molar-refractivity contribution < 1.29 is 4.74 Å². The third-order valence-corrected chi connectivity index (χ3v) is 5.14. The van der Waals surface area contributed by atoms with Gasteiger partial charge in [0.15, 0.2) is 5.96 Å². The molecule has 2 N–H and O–H groups in total. The maximum atomic E-state index is 6.17. The van der Waals surface area contributed by atoms with Crippen molar-refractivity contribution >= 4 is 23.4 Å². The van der Waals surface area contributed by atoms with E-state index in [0.717, 1.165) is 44.3 Å². The molecule has 6 nitrogen and oxygen atoms in total. The number of guanidine groups is 1. The minimum atomic E-state index is -0.0728. The Morgan fingerprint density at radius 1 is 1.24 bits per heavy atom. The van der Waals surface area contributed by atoms with Gasteiger partial charge in [0, 0.05) is 31.9 Å². The number of halogens is 1. The normalized spacial score (nSPS) is 16.4. The van der Waals surface area contributed by atoms with E-state index in [1.807, 2.05) is 49.5 Å². The summed E-state index contributed by atoms with van der Waals surface area (Å²) in [7, 11) is 0. The molecule has 0 spiro atoms. The second kappa shape index (κ2) is 10.9. The zero-order chi connectivity index (χ0) is 20.5. The van der Waals surface area contributed by atoms with Gasteiger partial charge in [0.25, 0.3) is 0 Å². The molecule has 1 aliphatic heterocycles. The maximum Gasteiger partial charge on any atom is 0.191 e. The van der Waals surface area contributed by atoms with Crippen LogP contribution in [0.2, 0.25) is 5.02 Å². The van der Waals surface area contributed by atoms with Crippen LogP contribution in [-0.2, 0) is 0 Å². The Hall–Kier alpha value is -2.47. The first-order valence-corrected chi connectivity index (χ1v) is 10.7. The number of hydrogen-bond donors (Lipinski definition) is 2. The van der Waals surface area contributed by atoms with Crippen molar-refractivity contribution in [2.24, 2.45) is 4.99 Å². The average Bonchev–Trinajstić information content (AvgIpc) is 2.75. The number of aromatic nitrogens is 1. The lowest BCUT2D eigenvalue weighted by atomic mass is 10.1. The summed E-state index contributed by atoms with van der Waals surface area (Å²) >= 11 is 6.17. The number of nitrogens with zero attached hydrogens (tertiary/aromatic N) is 3. The van der Waals surface area contributed by atoms with Crippen LogP contribution in [0.15, 0.2) is 53.7 Å². The van der Waals surface area contributed by atoms with Gasteiger partial charge >= 0.3 is 0 Å². The fraction of sp³-hybridized carbons (Fsp3) is 0.455. The van der Waals surface area contributed by atoms with Crippen LogP contribution in [0.3, 0.4) is 0 Å². The maximum absolute atomic E-state index is 6.17. The number of ether oxygens (including phenoxy) is 1. The molecule has 1 aromatic carbocycles. The number of rotatable bonds is 7. The molecular formula is C22H30ClN5O. The Labute approximate surface area is 178 Å². The lowest BCUT2D eigenvalue weighted by Gasteiger charge is -2.33. The molecule has 2 heterocycles. The smallest absolute Gasteiger partial charge is 0.191 e. The molecule has 1 unspecified atom stereocenters. The van der Waals surface area contributed by atoms with E-state index in [4.69, 9.17) is 21.3 Å². The number of hydrogen-bond acceptors (Lipinski definition) is 4. The summed E-state index contributed by atoms with van der Waals surface area (Å²) in [5, 5.41) is 7.52. The average molecular weight is 416 g/mol. The van der Waals surface area contributed by atoms with Crippen LogP contribution in [0.25, 0.3) is 0 Å². The highest BCUT2D eigenvalue weighted by Gasteiger charge is 2.20. The van der Waals surface area contributed by atoms with Gasteiger partial charge in [0.1, 0.15) is 17.7 Å². The van der Waals surface area contributed by atoms with Crippen LogP contribution in [0, 0.1) is 0 Å². The molecule has 0 aliphatic carbocycles. The third-order valence-electron chi connectivity index (χ3n) is 4.82. The standard InChI is InChI=1S/C22H30ClN5O/c1-3-24-22(26-16-17(2)29-20-9-5-4-8-19(20)23)27-18-11-14-28(15-12-18)21-10-6-7-13-25-21/h4-10,13,17-18H,3,11-12,14-16H2,1-2H3,(H2,24,26,27). The van der Waals surface area contributed by atoms with E-state index < -0.39 is 0 Å². The molecule has 3 rings (SSSR count). The molecule has 1 atom stereocenters. The van der Waals surface area contributed by atoms with Crippen LogP contribution < -0.4 is 20.3 Å². The molecule has 156 valence electrons. The second-order valence-corrected chi connectivity index (χ2v) is 7.58. The SMILES string of the molecule is CCNC(=NCC(C)Oc1ccccc1Cl)NC1CCN(c2ccccn2)CC1. The number of para-hydroxylation sites is 1. The van der Waals surface area contributed by atoms with E-state index >= 15 is 0 Å². The fourth-order valence-electron chi connectivity index (χ4n) is 3.32. The first-order valence-electron chi connectivity index (χ1n) is 10.3. The number of nitrogens with one attached hydrogen (secondary N) is 2. The fourth-order valence-corrected chi connectivity index (χ4v) is 3.50. The Morgan fingerprint density at radius 2 is 2.00 bits per heavy atom. The highest BCUT2D eigenvalue weighted by atomic mass is 35.5.